The number of ether oxygens (including phenoxy) is 3. The van der Waals surface area contributed by atoms with Crippen molar-refractivity contribution in [2.45, 2.75) is 13.8 Å². The standard InChI is InChI=1S/C25H21ClN2O7/c1-4-34-24(31)20-18-19(23(30)28(22(18)29)16-8-6-14(26)7-9-16)21(25(32)35-5-2)27(20)15-10-12-17(33-3)13-11-15/h6-13H,4-5H2,1-3H3. The molecule has 2 heterocycles. The molecule has 0 atom stereocenters. The second kappa shape index (κ2) is 9.63. The SMILES string of the molecule is CCOC(=O)c1c2c(c(C(=O)OCC)n1-c1ccc(OC)cc1)C(=O)N(c1ccc(Cl)cc1)C2=O. The van der Waals surface area contributed by atoms with Crippen molar-refractivity contribution < 1.29 is 33.4 Å². The van der Waals surface area contributed by atoms with Crippen LogP contribution in [0.15, 0.2) is 48.5 Å². The van der Waals surface area contributed by atoms with Crippen LogP contribution in [-0.2, 0) is 9.47 Å². The van der Waals surface area contributed by atoms with Crippen molar-refractivity contribution in [3.8, 4) is 11.4 Å². The fraction of sp³-hybridized carbons (Fsp3) is 0.200. The molecule has 0 aliphatic carbocycles. The summed E-state index contributed by atoms with van der Waals surface area (Å²) in [6.45, 7) is 3.24. The molecule has 0 N–H and O–H groups in total. The molecule has 2 aromatic carbocycles. The third-order valence-corrected chi connectivity index (χ3v) is 5.61. The minimum Gasteiger partial charge on any atom is -0.497 e. The molecule has 4 rings (SSSR count). The molecule has 0 radical (unpaired) electrons. The zero-order valence-corrected chi connectivity index (χ0v) is 19.9. The zero-order valence-electron chi connectivity index (χ0n) is 19.2. The minimum atomic E-state index is -0.866. The Kier molecular flexibility index (Phi) is 6.61. The summed E-state index contributed by atoms with van der Waals surface area (Å²) in [5.74, 6) is -2.74. The summed E-state index contributed by atoms with van der Waals surface area (Å²) in [6.07, 6.45) is 0. The molecule has 0 fully saturated rings. The summed E-state index contributed by atoms with van der Waals surface area (Å²) in [5, 5.41) is 0.413. The fourth-order valence-corrected chi connectivity index (χ4v) is 4.03. The monoisotopic (exact) mass is 496 g/mol. The molecule has 1 aromatic heterocycles. The van der Waals surface area contributed by atoms with Gasteiger partial charge in [0.1, 0.15) is 17.1 Å². The van der Waals surface area contributed by atoms with Crippen molar-refractivity contribution in [3.63, 3.8) is 0 Å². The van der Waals surface area contributed by atoms with Crippen molar-refractivity contribution in [2.24, 2.45) is 0 Å². The normalized spacial score (nSPS) is 12.5. The summed E-state index contributed by atoms with van der Waals surface area (Å²) in [7, 11) is 1.50. The first-order chi connectivity index (χ1) is 16.8. The van der Waals surface area contributed by atoms with Crippen LogP contribution in [0, 0.1) is 0 Å². The molecule has 0 bridgehead atoms. The quantitative estimate of drug-likeness (QED) is 0.355. The summed E-state index contributed by atoms with van der Waals surface area (Å²) in [6, 6.07) is 12.5. The topological polar surface area (TPSA) is 104 Å². The van der Waals surface area contributed by atoms with Crippen LogP contribution < -0.4 is 9.64 Å². The Balaban J connectivity index is 2.02. The number of carbonyl (C=O) groups is 4. The van der Waals surface area contributed by atoms with Gasteiger partial charge in [0.25, 0.3) is 11.8 Å². The number of halogens is 1. The zero-order chi connectivity index (χ0) is 25.3. The largest absolute Gasteiger partial charge is 0.497 e. The van der Waals surface area contributed by atoms with E-state index in [4.69, 9.17) is 25.8 Å². The van der Waals surface area contributed by atoms with Crippen LogP contribution in [0.3, 0.4) is 0 Å². The van der Waals surface area contributed by atoms with Crippen LogP contribution in [-0.4, -0.2) is 48.6 Å². The van der Waals surface area contributed by atoms with Crippen molar-refractivity contribution in [1.29, 1.82) is 0 Å². The van der Waals surface area contributed by atoms with Crippen LogP contribution in [0.4, 0.5) is 5.69 Å². The minimum absolute atomic E-state index is 0.0131. The molecule has 0 unspecified atom stereocenters. The third kappa shape index (κ3) is 4.04. The van der Waals surface area contributed by atoms with E-state index >= 15 is 0 Å². The molecular weight excluding hydrogens is 476 g/mol. The Bertz CT molecular complexity index is 1270. The fourth-order valence-electron chi connectivity index (χ4n) is 3.90. The lowest BCUT2D eigenvalue weighted by Gasteiger charge is -2.18. The lowest BCUT2D eigenvalue weighted by atomic mass is 10.1. The van der Waals surface area contributed by atoms with Crippen LogP contribution in [0.2, 0.25) is 5.02 Å². The highest BCUT2D eigenvalue weighted by atomic mass is 35.5. The first kappa shape index (κ1) is 24.0. The molecule has 180 valence electrons. The van der Waals surface area contributed by atoms with Crippen LogP contribution >= 0.6 is 11.6 Å². The van der Waals surface area contributed by atoms with Crippen LogP contribution in [0.1, 0.15) is 55.5 Å². The highest BCUT2D eigenvalue weighted by molar-refractivity contribution is 6.38. The van der Waals surface area contributed by atoms with Gasteiger partial charge in [-0.05, 0) is 62.4 Å². The van der Waals surface area contributed by atoms with Gasteiger partial charge < -0.3 is 14.2 Å². The molecule has 35 heavy (non-hydrogen) atoms. The van der Waals surface area contributed by atoms with E-state index in [9.17, 15) is 19.2 Å². The lowest BCUT2D eigenvalue weighted by Crippen LogP contribution is -2.32. The Morgan fingerprint density at radius 3 is 1.66 bits per heavy atom. The number of rotatable bonds is 7. The maximum Gasteiger partial charge on any atom is 0.356 e. The van der Waals surface area contributed by atoms with E-state index in [0.29, 0.717) is 16.5 Å². The predicted octanol–water partition coefficient (Wildman–Crippen LogP) is 4.29. The van der Waals surface area contributed by atoms with Crippen LogP contribution in [0.5, 0.6) is 5.75 Å². The van der Waals surface area contributed by atoms with Gasteiger partial charge in [-0.15, -0.1) is 0 Å². The number of nitrogens with zero attached hydrogens (tertiary/aromatic N) is 2. The summed E-state index contributed by atoms with van der Waals surface area (Å²) in [4.78, 5) is 54.3. The molecular formula is C25H21ClN2O7. The highest BCUT2D eigenvalue weighted by Gasteiger charge is 2.48. The Hall–Kier alpha value is -4.11. The van der Waals surface area contributed by atoms with Crippen molar-refractivity contribution >= 4 is 41.0 Å². The van der Waals surface area contributed by atoms with Crippen molar-refractivity contribution in [3.05, 3.63) is 76.1 Å². The first-order valence-corrected chi connectivity index (χ1v) is 11.1. The molecule has 0 saturated heterocycles. The molecule has 1 aliphatic rings. The number of methoxy groups -OCH3 is 1. The molecule has 0 spiro atoms. The second-order valence-electron chi connectivity index (χ2n) is 7.34. The number of anilines is 1. The Morgan fingerprint density at radius 1 is 0.771 bits per heavy atom. The summed E-state index contributed by atoms with van der Waals surface area (Å²) >= 11 is 5.95. The Morgan fingerprint density at radius 2 is 1.23 bits per heavy atom. The maximum atomic E-state index is 13.6. The van der Waals surface area contributed by atoms with E-state index in [1.165, 1.54) is 35.9 Å². The average Bonchev–Trinajstić information content (AvgIpc) is 3.33. The number of esters is 2. The van der Waals surface area contributed by atoms with Gasteiger partial charge in [-0.2, -0.15) is 0 Å². The van der Waals surface area contributed by atoms with E-state index in [1.807, 2.05) is 0 Å². The number of fused-ring (bicyclic) bond motifs is 1. The van der Waals surface area contributed by atoms with E-state index in [-0.39, 0.29) is 41.4 Å². The van der Waals surface area contributed by atoms with Crippen molar-refractivity contribution in [2.75, 3.05) is 25.2 Å². The number of imide groups is 1. The van der Waals surface area contributed by atoms with Gasteiger partial charge in [-0.25, -0.2) is 14.5 Å². The van der Waals surface area contributed by atoms with Crippen LogP contribution in [0.25, 0.3) is 5.69 Å². The second-order valence-corrected chi connectivity index (χ2v) is 7.78. The first-order valence-electron chi connectivity index (χ1n) is 10.8. The average molecular weight is 497 g/mol. The number of benzene rings is 2. The molecule has 3 aromatic rings. The molecule has 10 heteroatoms. The number of aromatic nitrogens is 1. The van der Waals surface area contributed by atoms with E-state index in [0.717, 1.165) is 4.90 Å². The summed E-state index contributed by atoms with van der Waals surface area (Å²) in [5.41, 5.74) is -0.384. The molecule has 1 aliphatic heterocycles. The number of amides is 2. The Labute approximate surface area is 205 Å². The number of hydrogen-bond donors (Lipinski definition) is 0. The van der Waals surface area contributed by atoms with Gasteiger partial charge in [-0.3, -0.25) is 14.2 Å². The molecule has 2 amide bonds. The van der Waals surface area contributed by atoms with E-state index in [1.54, 1.807) is 38.1 Å². The molecule has 0 saturated carbocycles. The molecule has 9 nitrogen and oxygen atoms in total. The van der Waals surface area contributed by atoms with Gasteiger partial charge in [0.15, 0.2) is 0 Å². The number of carbonyl (C=O) groups excluding carboxylic acids is 4. The van der Waals surface area contributed by atoms with Gasteiger partial charge in [-0.1, -0.05) is 11.6 Å². The van der Waals surface area contributed by atoms with E-state index in [2.05, 4.69) is 0 Å². The number of hydrogen-bond acceptors (Lipinski definition) is 7. The van der Waals surface area contributed by atoms with Crippen molar-refractivity contribution in [1.82, 2.24) is 4.57 Å². The van der Waals surface area contributed by atoms with Gasteiger partial charge >= 0.3 is 11.9 Å². The smallest absolute Gasteiger partial charge is 0.356 e. The summed E-state index contributed by atoms with van der Waals surface area (Å²) < 4.78 is 16.9. The third-order valence-electron chi connectivity index (χ3n) is 5.36. The van der Waals surface area contributed by atoms with Gasteiger partial charge in [0.2, 0.25) is 0 Å². The van der Waals surface area contributed by atoms with E-state index < -0.39 is 23.8 Å². The van der Waals surface area contributed by atoms with Gasteiger partial charge in [0, 0.05) is 10.7 Å². The highest BCUT2D eigenvalue weighted by Crippen LogP contribution is 2.38. The predicted molar refractivity (Wildman–Crippen MR) is 127 cm³/mol. The maximum absolute atomic E-state index is 13.6. The van der Waals surface area contributed by atoms with Gasteiger partial charge in [0.05, 0.1) is 37.1 Å². The lowest BCUT2D eigenvalue weighted by molar-refractivity contribution is 0.0504.